The highest BCUT2D eigenvalue weighted by Gasteiger charge is 2.06. The highest BCUT2D eigenvalue weighted by Crippen LogP contribution is 2.17. The fourth-order valence-electron chi connectivity index (χ4n) is 3.59. The smallest absolute Gasteiger partial charge is 0.338 e. The summed E-state index contributed by atoms with van der Waals surface area (Å²) in [5.41, 5.74) is 0.541. The number of hydrogen-bond donors (Lipinski definition) is 0. The van der Waals surface area contributed by atoms with E-state index >= 15 is 0 Å². The second-order valence-electron chi connectivity index (χ2n) is 9.61. The lowest BCUT2D eigenvalue weighted by atomic mass is 10.2. The van der Waals surface area contributed by atoms with Gasteiger partial charge in [0, 0.05) is 12.1 Å². The van der Waals surface area contributed by atoms with Crippen LogP contribution in [-0.2, 0) is 47.4 Å². The van der Waals surface area contributed by atoms with Crippen LogP contribution in [0.1, 0.15) is 10.4 Å². The maximum absolute atomic E-state index is 11.8. The highest BCUT2D eigenvalue weighted by atomic mass is 16.6. The number of non-ortho nitro benzene ring substituents is 1. The molecule has 0 fully saturated rings. The van der Waals surface area contributed by atoms with Crippen molar-refractivity contribution in [2.45, 2.75) is 0 Å². The average Bonchev–Trinajstić information content (AvgIpc) is 3.11. The fraction of sp³-hybridized carbons (Fsp3) is 0.606. The zero-order valence-electron chi connectivity index (χ0n) is 27.5. The molecule has 0 aliphatic carbocycles. The van der Waals surface area contributed by atoms with Gasteiger partial charge in [-0.05, 0) is 24.3 Å². The second kappa shape index (κ2) is 29.9. The maximum atomic E-state index is 11.8. The van der Waals surface area contributed by atoms with Crippen molar-refractivity contribution < 1.29 is 61.8 Å². The number of hydrogen-bond acceptors (Lipinski definition) is 14. The van der Waals surface area contributed by atoms with Crippen LogP contribution in [0.3, 0.4) is 0 Å². The first kappa shape index (κ1) is 40.9. The van der Waals surface area contributed by atoms with E-state index in [0.29, 0.717) is 137 Å². The minimum Gasteiger partial charge on any atom is -0.491 e. The molecule has 48 heavy (non-hydrogen) atoms. The van der Waals surface area contributed by atoms with Crippen LogP contribution in [0, 0.1) is 10.1 Å². The van der Waals surface area contributed by atoms with Gasteiger partial charge in [0.1, 0.15) is 19.0 Å². The Morgan fingerprint density at radius 3 is 1.15 bits per heavy atom. The van der Waals surface area contributed by atoms with Crippen LogP contribution in [-0.4, -0.2) is 143 Å². The molecule has 0 amide bonds. The monoisotopic (exact) mass is 683 g/mol. The molecule has 0 saturated carbocycles. The summed E-state index contributed by atoms with van der Waals surface area (Å²) in [5.74, 6) is 0.189. The number of esters is 1. The van der Waals surface area contributed by atoms with Gasteiger partial charge in [-0.1, -0.05) is 18.2 Å². The van der Waals surface area contributed by atoms with Gasteiger partial charge in [-0.2, -0.15) is 0 Å². The molecule has 0 aliphatic heterocycles. The van der Waals surface area contributed by atoms with Gasteiger partial charge in [-0.3, -0.25) is 10.1 Å². The van der Waals surface area contributed by atoms with Crippen LogP contribution in [0.25, 0.3) is 0 Å². The predicted molar refractivity (Wildman–Crippen MR) is 173 cm³/mol. The Bertz CT molecular complexity index is 1040. The van der Waals surface area contributed by atoms with Gasteiger partial charge in [0.2, 0.25) is 0 Å². The third-order valence-corrected chi connectivity index (χ3v) is 5.99. The summed E-state index contributed by atoms with van der Waals surface area (Å²) >= 11 is 0. The molecule has 0 saturated heterocycles. The summed E-state index contributed by atoms with van der Waals surface area (Å²) in [6, 6.07) is 14.7. The van der Waals surface area contributed by atoms with Crippen LogP contribution < -0.4 is 4.74 Å². The molecular formula is C33H49NO14. The van der Waals surface area contributed by atoms with Gasteiger partial charge >= 0.3 is 5.97 Å². The van der Waals surface area contributed by atoms with Crippen molar-refractivity contribution in [3.05, 3.63) is 70.3 Å². The normalized spacial score (nSPS) is 11.1. The third-order valence-electron chi connectivity index (χ3n) is 5.99. The van der Waals surface area contributed by atoms with Crippen LogP contribution in [0.4, 0.5) is 5.69 Å². The number of rotatable bonds is 33. The van der Waals surface area contributed by atoms with E-state index < -0.39 is 4.92 Å². The summed E-state index contributed by atoms with van der Waals surface area (Å²) in [5, 5.41) is 10.6. The van der Waals surface area contributed by atoms with Gasteiger partial charge in [-0.25, -0.2) is 4.79 Å². The molecule has 15 nitrogen and oxygen atoms in total. The van der Waals surface area contributed by atoms with Crippen LogP contribution in [0.15, 0.2) is 54.6 Å². The number of nitro groups is 1. The Morgan fingerprint density at radius 2 is 0.792 bits per heavy atom. The van der Waals surface area contributed by atoms with Crippen molar-refractivity contribution in [2.24, 2.45) is 0 Å². The van der Waals surface area contributed by atoms with Gasteiger partial charge in [0.15, 0.2) is 0 Å². The van der Waals surface area contributed by atoms with E-state index in [4.69, 9.17) is 52.1 Å². The quantitative estimate of drug-likeness (QED) is 0.0467. The fourth-order valence-corrected chi connectivity index (χ4v) is 3.59. The van der Waals surface area contributed by atoms with Crippen molar-refractivity contribution in [3.63, 3.8) is 0 Å². The molecule has 0 unspecified atom stereocenters. The Labute approximate surface area is 281 Å². The van der Waals surface area contributed by atoms with E-state index in [1.807, 2.05) is 6.07 Å². The molecule has 0 radical (unpaired) electrons. The molecule has 2 aromatic carbocycles. The van der Waals surface area contributed by atoms with E-state index in [1.54, 1.807) is 36.4 Å². The number of carbonyl (C=O) groups excluding carboxylic acids is 1. The van der Waals surface area contributed by atoms with Crippen LogP contribution in [0.5, 0.6) is 5.75 Å². The maximum Gasteiger partial charge on any atom is 0.338 e. The third kappa shape index (κ3) is 23.1. The van der Waals surface area contributed by atoms with Crippen molar-refractivity contribution >= 4 is 11.7 Å². The Kier molecular flexibility index (Phi) is 25.5. The van der Waals surface area contributed by atoms with Gasteiger partial charge in [-0.15, -0.1) is 0 Å². The SMILES string of the molecule is O=C(OCCOCCOCCOCCOCCOCCOCCOCCOCCOCCOc1ccc([N+](=O)[O-])cc1)c1ccccc1. The van der Waals surface area contributed by atoms with Crippen molar-refractivity contribution in [2.75, 3.05) is 132 Å². The molecule has 0 aliphatic rings. The summed E-state index contributed by atoms with van der Waals surface area (Å²) in [6.45, 7) is 8.56. The molecule has 0 N–H and O–H groups in total. The first-order valence-electron chi connectivity index (χ1n) is 16.0. The minimum atomic E-state index is -0.455. The molecule has 2 rings (SSSR count). The number of carbonyl (C=O) groups is 1. The topological polar surface area (TPSA) is 162 Å². The summed E-state index contributed by atoms with van der Waals surface area (Å²) < 4.78 is 59.6. The second-order valence-corrected chi connectivity index (χ2v) is 9.61. The summed E-state index contributed by atoms with van der Waals surface area (Å²) in [4.78, 5) is 22.0. The zero-order valence-corrected chi connectivity index (χ0v) is 27.5. The highest BCUT2D eigenvalue weighted by molar-refractivity contribution is 5.89. The predicted octanol–water partition coefficient (Wildman–Crippen LogP) is 2.98. The number of benzene rings is 2. The lowest BCUT2D eigenvalue weighted by molar-refractivity contribution is -0.384. The average molecular weight is 684 g/mol. The van der Waals surface area contributed by atoms with Crippen molar-refractivity contribution in [1.29, 1.82) is 0 Å². The van der Waals surface area contributed by atoms with Crippen LogP contribution >= 0.6 is 0 Å². The van der Waals surface area contributed by atoms with Crippen LogP contribution in [0.2, 0.25) is 0 Å². The number of nitro benzene ring substituents is 1. The first-order valence-corrected chi connectivity index (χ1v) is 16.0. The van der Waals surface area contributed by atoms with E-state index in [0.717, 1.165) is 0 Å². The van der Waals surface area contributed by atoms with Gasteiger partial charge < -0.3 is 52.1 Å². The zero-order chi connectivity index (χ0) is 34.2. The van der Waals surface area contributed by atoms with Crippen molar-refractivity contribution in [3.8, 4) is 5.75 Å². The largest absolute Gasteiger partial charge is 0.491 e. The van der Waals surface area contributed by atoms with Gasteiger partial charge in [0.05, 0.1) is 129 Å². The van der Waals surface area contributed by atoms with E-state index in [9.17, 15) is 14.9 Å². The molecule has 0 atom stereocenters. The molecule has 2 aromatic rings. The Morgan fingerprint density at radius 1 is 0.458 bits per heavy atom. The van der Waals surface area contributed by atoms with Crippen molar-refractivity contribution in [1.82, 2.24) is 0 Å². The van der Waals surface area contributed by atoms with E-state index in [-0.39, 0.29) is 18.3 Å². The Hall–Kier alpha value is -3.25. The molecule has 15 heteroatoms. The molecule has 0 aromatic heterocycles. The molecule has 0 bridgehead atoms. The van der Waals surface area contributed by atoms with Gasteiger partial charge in [0.25, 0.3) is 5.69 Å². The minimum absolute atomic E-state index is 0.0220. The molecule has 0 heterocycles. The molecule has 270 valence electrons. The lowest BCUT2D eigenvalue weighted by Crippen LogP contribution is -2.15. The lowest BCUT2D eigenvalue weighted by Gasteiger charge is -2.09. The Balaban J connectivity index is 1.17. The first-order chi connectivity index (χ1) is 23.7. The standard InChI is InChI=1S/C33H49NO14/c35-33(30-4-2-1-3-5-30)48-29-27-46-25-23-44-21-19-42-17-15-40-13-11-38-10-12-39-14-16-41-18-20-43-22-24-45-26-28-47-32-8-6-31(7-9-32)34(36)37/h1-9H,10-29H2. The van der Waals surface area contributed by atoms with E-state index in [2.05, 4.69) is 0 Å². The summed E-state index contributed by atoms with van der Waals surface area (Å²) in [6.07, 6.45) is 0. The number of nitrogens with zero attached hydrogens (tertiary/aromatic N) is 1. The van der Waals surface area contributed by atoms with E-state index in [1.165, 1.54) is 12.1 Å². The number of ether oxygens (including phenoxy) is 11. The summed E-state index contributed by atoms with van der Waals surface area (Å²) in [7, 11) is 0. The molecular weight excluding hydrogens is 634 g/mol. The molecule has 0 spiro atoms.